The Bertz CT molecular complexity index is 427. The highest BCUT2D eigenvalue weighted by molar-refractivity contribution is 8.00. The van der Waals surface area contributed by atoms with Gasteiger partial charge in [0.15, 0.2) is 0 Å². The number of thioether (sulfide) groups is 1. The SMILES string of the molecule is CCC1CCCC(Sc2cccc(CNC3CC3)c2)C1. The highest BCUT2D eigenvalue weighted by Crippen LogP contribution is 2.37. The third-order valence-electron chi connectivity index (χ3n) is 4.69. The fourth-order valence-electron chi connectivity index (χ4n) is 3.19. The Hall–Kier alpha value is -0.470. The van der Waals surface area contributed by atoms with Crippen LogP contribution in [0.5, 0.6) is 0 Å². The van der Waals surface area contributed by atoms with Crippen LogP contribution in [0.1, 0.15) is 57.4 Å². The molecule has 2 heteroatoms. The molecule has 1 aromatic rings. The zero-order chi connectivity index (χ0) is 13.8. The Balaban J connectivity index is 1.54. The largest absolute Gasteiger partial charge is 0.310 e. The van der Waals surface area contributed by atoms with Crippen LogP contribution in [0.25, 0.3) is 0 Å². The van der Waals surface area contributed by atoms with E-state index < -0.39 is 0 Å². The molecule has 0 saturated heterocycles. The molecule has 2 aliphatic carbocycles. The molecule has 0 aliphatic heterocycles. The lowest BCUT2D eigenvalue weighted by atomic mass is 9.87. The van der Waals surface area contributed by atoms with E-state index in [0.717, 1.165) is 23.8 Å². The topological polar surface area (TPSA) is 12.0 Å². The minimum Gasteiger partial charge on any atom is -0.310 e. The van der Waals surface area contributed by atoms with E-state index in [1.54, 1.807) is 0 Å². The third kappa shape index (κ3) is 4.26. The quantitative estimate of drug-likeness (QED) is 0.791. The molecule has 0 spiro atoms. The van der Waals surface area contributed by atoms with Gasteiger partial charge in [-0.1, -0.05) is 38.3 Å². The van der Waals surface area contributed by atoms with Crippen molar-refractivity contribution in [2.75, 3.05) is 0 Å². The second-order valence-corrected chi connectivity index (χ2v) is 7.86. The predicted octanol–water partition coefficient (Wildman–Crippen LogP) is 5.00. The van der Waals surface area contributed by atoms with Gasteiger partial charge in [-0.05, 0) is 49.3 Å². The maximum absolute atomic E-state index is 3.61. The molecule has 2 unspecified atom stereocenters. The van der Waals surface area contributed by atoms with Crippen molar-refractivity contribution in [3.05, 3.63) is 29.8 Å². The molecule has 0 heterocycles. The Morgan fingerprint density at radius 1 is 1.20 bits per heavy atom. The summed E-state index contributed by atoms with van der Waals surface area (Å²) in [6.45, 7) is 3.39. The first-order valence-corrected chi connectivity index (χ1v) is 9.20. The van der Waals surface area contributed by atoms with Crippen LogP contribution >= 0.6 is 11.8 Å². The molecule has 0 radical (unpaired) electrons. The first-order valence-electron chi connectivity index (χ1n) is 8.32. The number of nitrogens with one attached hydrogen (secondary N) is 1. The van der Waals surface area contributed by atoms with E-state index in [0.29, 0.717) is 0 Å². The summed E-state index contributed by atoms with van der Waals surface area (Å²) in [5.74, 6) is 0.973. The molecule has 2 aliphatic rings. The standard InChI is InChI=1S/C18H27NS/c1-2-14-5-3-7-17(11-14)20-18-8-4-6-15(12-18)13-19-16-9-10-16/h4,6,8,12,14,16-17,19H,2-3,5,7,9-11,13H2,1H3. The summed E-state index contributed by atoms with van der Waals surface area (Å²) in [5.41, 5.74) is 1.45. The lowest BCUT2D eigenvalue weighted by molar-refractivity contribution is 0.357. The van der Waals surface area contributed by atoms with Crippen LogP contribution < -0.4 is 5.32 Å². The third-order valence-corrected chi connectivity index (χ3v) is 5.97. The molecule has 0 aromatic heterocycles. The summed E-state index contributed by atoms with van der Waals surface area (Å²) in [6.07, 6.45) is 9.82. The van der Waals surface area contributed by atoms with Crippen molar-refractivity contribution in [1.29, 1.82) is 0 Å². The van der Waals surface area contributed by atoms with Gasteiger partial charge >= 0.3 is 0 Å². The summed E-state index contributed by atoms with van der Waals surface area (Å²) in [7, 11) is 0. The van der Waals surface area contributed by atoms with Gasteiger partial charge in [-0.25, -0.2) is 0 Å². The van der Waals surface area contributed by atoms with Crippen molar-refractivity contribution in [2.45, 2.75) is 74.6 Å². The van der Waals surface area contributed by atoms with Gasteiger partial charge in [0.1, 0.15) is 0 Å². The molecule has 20 heavy (non-hydrogen) atoms. The van der Waals surface area contributed by atoms with E-state index in [9.17, 15) is 0 Å². The molecular formula is C18H27NS. The average molecular weight is 289 g/mol. The second-order valence-electron chi connectivity index (χ2n) is 6.48. The molecule has 1 aromatic carbocycles. The molecular weight excluding hydrogens is 262 g/mol. The van der Waals surface area contributed by atoms with Crippen LogP contribution in [-0.4, -0.2) is 11.3 Å². The van der Waals surface area contributed by atoms with Crippen molar-refractivity contribution in [3.63, 3.8) is 0 Å². The Kier molecular flexibility index (Phi) is 5.06. The average Bonchev–Trinajstić information content (AvgIpc) is 3.30. The maximum atomic E-state index is 3.61. The molecule has 1 nitrogen and oxygen atoms in total. The zero-order valence-electron chi connectivity index (χ0n) is 12.6. The lowest BCUT2D eigenvalue weighted by Crippen LogP contribution is -2.17. The maximum Gasteiger partial charge on any atom is 0.0208 e. The van der Waals surface area contributed by atoms with Gasteiger partial charge in [-0.3, -0.25) is 0 Å². The Morgan fingerprint density at radius 3 is 2.90 bits per heavy atom. The number of hydrogen-bond donors (Lipinski definition) is 1. The summed E-state index contributed by atoms with van der Waals surface area (Å²) in [6, 6.07) is 9.98. The zero-order valence-corrected chi connectivity index (χ0v) is 13.4. The van der Waals surface area contributed by atoms with Crippen LogP contribution in [0, 0.1) is 5.92 Å². The number of rotatable bonds is 6. The smallest absolute Gasteiger partial charge is 0.0208 e. The van der Waals surface area contributed by atoms with Crippen molar-refractivity contribution in [1.82, 2.24) is 5.32 Å². The van der Waals surface area contributed by atoms with Crippen LogP contribution in [0.4, 0.5) is 0 Å². The van der Waals surface area contributed by atoms with E-state index in [-0.39, 0.29) is 0 Å². The molecule has 3 rings (SSSR count). The molecule has 2 fully saturated rings. The minimum atomic E-state index is 0.801. The minimum absolute atomic E-state index is 0.801. The van der Waals surface area contributed by atoms with Crippen molar-refractivity contribution in [3.8, 4) is 0 Å². The second kappa shape index (κ2) is 7.00. The summed E-state index contributed by atoms with van der Waals surface area (Å²) in [5, 5.41) is 4.46. The van der Waals surface area contributed by atoms with E-state index in [1.165, 1.54) is 55.4 Å². The van der Waals surface area contributed by atoms with Gasteiger partial charge in [0, 0.05) is 22.7 Å². The monoisotopic (exact) mass is 289 g/mol. The van der Waals surface area contributed by atoms with Gasteiger partial charge in [0.25, 0.3) is 0 Å². The first-order chi connectivity index (χ1) is 9.83. The fraction of sp³-hybridized carbons (Fsp3) is 0.667. The van der Waals surface area contributed by atoms with Crippen molar-refractivity contribution in [2.24, 2.45) is 5.92 Å². The van der Waals surface area contributed by atoms with Gasteiger partial charge < -0.3 is 5.32 Å². The molecule has 110 valence electrons. The summed E-state index contributed by atoms with van der Waals surface area (Å²) in [4.78, 5) is 1.47. The Labute approximate surface area is 127 Å². The molecule has 1 N–H and O–H groups in total. The van der Waals surface area contributed by atoms with Crippen LogP contribution in [-0.2, 0) is 6.54 Å². The van der Waals surface area contributed by atoms with Gasteiger partial charge in [0.2, 0.25) is 0 Å². The lowest BCUT2D eigenvalue weighted by Gasteiger charge is -2.28. The van der Waals surface area contributed by atoms with Gasteiger partial charge in [-0.15, -0.1) is 11.8 Å². The van der Waals surface area contributed by atoms with Crippen LogP contribution in [0.15, 0.2) is 29.2 Å². The highest BCUT2D eigenvalue weighted by atomic mass is 32.2. The number of hydrogen-bond acceptors (Lipinski definition) is 2. The van der Waals surface area contributed by atoms with Crippen molar-refractivity contribution >= 4 is 11.8 Å². The van der Waals surface area contributed by atoms with Crippen molar-refractivity contribution < 1.29 is 0 Å². The van der Waals surface area contributed by atoms with E-state index in [2.05, 4.69) is 48.3 Å². The Morgan fingerprint density at radius 2 is 2.10 bits per heavy atom. The van der Waals surface area contributed by atoms with Crippen LogP contribution in [0.3, 0.4) is 0 Å². The van der Waals surface area contributed by atoms with E-state index in [4.69, 9.17) is 0 Å². The fourth-order valence-corrected chi connectivity index (χ4v) is 4.60. The molecule has 2 saturated carbocycles. The van der Waals surface area contributed by atoms with Crippen LogP contribution in [0.2, 0.25) is 0 Å². The summed E-state index contributed by atoms with van der Waals surface area (Å²) >= 11 is 2.12. The summed E-state index contributed by atoms with van der Waals surface area (Å²) < 4.78 is 0. The molecule has 2 atom stereocenters. The molecule has 0 bridgehead atoms. The van der Waals surface area contributed by atoms with Gasteiger partial charge in [-0.2, -0.15) is 0 Å². The first kappa shape index (κ1) is 14.5. The predicted molar refractivity (Wildman–Crippen MR) is 88.2 cm³/mol. The molecule has 0 amide bonds. The van der Waals surface area contributed by atoms with E-state index in [1.807, 2.05) is 0 Å². The number of benzene rings is 1. The highest BCUT2D eigenvalue weighted by Gasteiger charge is 2.22. The normalized spacial score (nSPS) is 26.6. The van der Waals surface area contributed by atoms with Gasteiger partial charge in [0.05, 0.1) is 0 Å². The van der Waals surface area contributed by atoms with E-state index >= 15 is 0 Å².